The molecule has 0 bridgehead atoms. The molecule has 2 rings (SSSR count). The SMILES string of the molecule is COc1ccc(C(=O)Nc2ccccc2Br)cc1COCC(C)C. The zero-order chi connectivity index (χ0) is 17.5. The topological polar surface area (TPSA) is 47.6 Å². The molecule has 2 aromatic carbocycles. The van der Waals surface area contributed by atoms with Crippen LogP contribution >= 0.6 is 15.9 Å². The molecule has 128 valence electrons. The van der Waals surface area contributed by atoms with Crippen LogP contribution in [0.4, 0.5) is 5.69 Å². The molecule has 0 saturated heterocycles. The smallest absolute Gasteiger partial charge is 0.255 e. The van der Waals surface area contributed by atoms with E-state index in [1.807, 2.05) is 30.3 Å². The fourth-order valence-electron chi connectivity index (χ4n) is 2.19. The van der Waals surface area contributed by atoms with E-state index in [2.05, 4.69) is 35.1 Å². The minimum Gasteiger partial charge on any atom is -0.496 e. The molecule has 5 heteroatoms. The number of amides is 1. The maximum Gasteiger partial charge on any atom is 0.255 e. The van der Waals surface area contributed by atoms with Crippen molar-refractivity contribution >= 4 is 27.5 Å². The van der Waals surface area contributed by atoms with Crippen LogP contribution in [0.25, 0.3) is 0 Å². The van der Waals surface area contributed by atoms with Crippen LogP contribution in [-0.4, -0.2) is 19.6 Å². The average molecular weight is 392 g/mol. The van der Waals surface area contributed by atoms with Crippen LogP contribution in [0, 0.1) is 5.92 Å². The molecule has 0 atom stereocenters. The van der Waals surface area contributed by atoms with Gasteiger partial charge in [0, 0.05) is 22.2 Å². The number of hydrogen-bond donors (Lipinski definition) is 1. The predicted octanol–water partition coefficient (Wildman–Crippen LogP) is 4.88. The number of nitrogens with one attached hydrogen (secondary N) is 1. The predicted molar refractivity (Wildman–Crippen MR) is 99.6 cm³/mol. The van der Waals surface area contributed by atoms with Gasteiger partial charge in [-0.3, -0.25) is 4.79 Å². The van der Waals surface area contributed by atoms with Crippen molar-refractivity contribution in [3.8, 4) is 5.75 Å². The molecule has 0 aliphatic heterocycles. The summed E-state index contributed by atoms with van der Waals surface area (Å²) in [6.45, 7) is 5.27. The highest BCUT2D eigenvalue weighted by molar-refractivity contribution is 9.10. The number of halogens is 1. The Bertz CT molecular complexity index is 701. The van der Waals surface area contributed by atoms with Crippen molar-refractivity contribution in [2.45, 2.75) is 20.5 Å². The number of carbonyl (C=O) groups is 1. The minimum atomic E-state index is -0.172. The van der Waals surface area contributed by atoms with Gasteiger partial charge in [0.2, 0.25) is 0 Å². The van der Waals surface area contributed by atoms with E-state index in [9.17, 15) is 4.79 Å². The van der Waals surface area contributed by atoms with E-state index in [-0.39, 0.29) is 5.91 Å². The first-order valence-electron chi connectivity index (χ1n) is 7.81. The van der Waals surface area contributed by atoms with Crippen LogP contribution in [0.5, 0.6) is 5.75 Å². The van der Waals surface area contributed by atoms with E-state index < -0.39 is 0 Å². The Morgan fingerprint density at radius 1 is 1.21 bits per heavy atom. The number of anilines is 1. The quantitative estimate of drug-likeness (QED) is 0.731. The first-order valence-corrected chi connectivity index (χ1v) is 8.61. The van der Waals surface area contributed by atoms with Gasteiger partial charge in [-0.05, 0) is 52.2 Å². The van der Waals surface area contributed by atoms with Crippen LogP contribution in [0.1, 0.15) is 29.8 Å². The molecular weight excluding hydrogens is 370 g/mol. The summed E-state index contributed by atoms with van der Waals surface area (Å²) in [5, 5.41) is 2.90. The molecule has 0 fully saturated rings. The Balaban J connectivity index is 2.14. The Morgan fingerprint density at radius 3 is 2.62 bits per heavy atom. The third kappa shape index (κ3) is 5.08. The number of para-hydroxylation sites is 1. The number of carbonyl (C=O) groups excluding carboxylic acids is 1. The van der Waals surface area contributed by atoms with Gasteiger partial charge in [-0.2, -0.15) is 0 Å². The molecule has 0 spiro atoms. The highest BCUT2D eigenvalue weighted by Crippen LogP contribution is 2.24. The molecule has 4 nitrogen and oxygen atoms in total. The van der Waals surface area contributed by atoms with Gasteiger partial charge in [0.25, 0.3) is 5.91 Å². The van der Waals surface area contributed by atoms with Gasteiger partial charge in [-0.25, -0.2) is 0 Å². The monoisotopic (exact) mass is 391 g/mol. The number of ether oxygens (including phenoxy) is 2. The molecule has 0 aliphatic rings. The molecule has 0 unspecified atom stereocenters. The fourth-order valence-corrected chi connectivity index (χ4v) is 2.58. The highest BCUT2D eigenvalue weighted by atomic mass is 79.9. The largest absolute Gasteiger partial charge is 0.496 e. The van der Waals surface area contributed by atoms with Crippen molar-refractivity contribution in [1.29, 1.82) is 0 Å². The third-order valence-corrected chi connectivity index (χ3v) is 4.06. The maximum absolute atomic E-state index is 12.5. The number of methoxy groups -OCH3 is 1. The minimum absolute atomic E-state index is 0.172. The van der Waals surface area contributed by atoms with Gasteiger partial charge in [-0.15, -0.1) is 0 Å². The lowest BCUT2D eigenvalue weighted by molar-refractivity contribution is 0.0952. The lowest BCUT2D eigenvalue weighted by Gasteiger charge is -2.13. The van der Waals surface area contributed by atoms with Crippen molar-refractivity contribution in [2.24, 2.45) is 5.92 Å². The van der Waals surface area contributed by atoms with Crippen LogP contribution in [0.3, 0.4) is 0 Å². The summed E-state index contributed by atoms with van der Waals surface area (Å²) in [6, 6.07) is 12.9. The van der Waals surface area contributed by atoms with Crippen molar-refractivity contribution in [3.05, 3.63) is 58.1 Å². The lowest BCUT2D eigenvalue weighted by atomic mass is 10.1. The molecule has 1 N–H and O–H groups in total. The maximum atomic E-state index is 12.5. The molecule has 0 aliphatic carbocycles. The van der Waals surface area contributed by atoms with Gasteiger partial charge in [0.1, 0.15) is 5.75 Å². The van der Waals surface area contributed by atoms with Gasteiger partial charge < -0.3 is 14.8 Å². The lowest BCUT2D eigenvalue weighted by Crippen LogP contribution is -2.13. The van der Waals surface area contributed by atoms with Crippen molar-refractivity contribution in [1.82, 2.24) is 0 Å². The Morgan fingerprint density at radius 2 is 1.96 bits per heavy atom. The van der Waals surface area contributed by atoms with E-state index in [0.717, 1.165) is 21.5 Å². The van der Waals surface area contributed by atoms with Crippen LogP contribution in [0.2, 0.25) is 0 Å². The van der Waals surface area contributed by atoms with Crippen molar-refractivity contribution < 1.29 is 14.3 Å². The second kappa shape index (κ2) is 8.85. The normalized spacial score (nSPS) is 10.7. The summed E-state index contributed by atoms with van der Waals surface area (Å²) in [7, 11) is 1.61. The second-order valence-electron chi connectivity index (χ2n) is 5.87. The van der Waals surface area contributed by atoms with Crippen molar-refractivity contribution in [3.63, 3.8) is 0 Å². The fraction of sp³-hybridized carbons (Fsp3) is 0.316. The van der Waals surface area contributed by atoms with Crippen LogP contribution in [0.15, 0.2) is 46.9 Å². The van der Waals surface area contributed by atoms with E-state index >= 15 is 0 Å². The van der Waals surface area contributed by atoms with Crippen molar-refractivity contribution in [2.75, 3.05) is 19.0 Å². The number of hydrogen-bond acceptors (Lipinski definition) is 3. The van der Waals surface area contributed by atoms with E-state index in [4.69, 9.17) is 9.47 Å². The molecule has 24 heavy (non-hydrogen) atoms. The van der Waals surface area contributed by atoms with Gasteiger partial charge in [0.05, 0.1) is 19.4 Å². The third-order valence-electron chi connectivity index (χ3n) is 3.37. The molecule has 0 aromatic heterocycles. The Hall–Kier alpha value is -1.85. The molecule has 0 heterocycles. The number of rotatable bonds is 7. The summed E-state index contributed by atoms with van der Waals surface area (Å²) in [4.78, 5) is 12.5. The van der Waals surface area contributed by atoms with E-state index in [1.54, 1.807) is 19.2 Å². The van der Waals surface area contributed by atoms with Gasteiger partial charge in [-0.1, -0.05) is 26.0 Å². The van der Waals surface area contributed by atoms with E-state index in [0.29, 0.717) is 24.7 Å². The van der Waals surface area contributed by atoms with Crippen LogP contribution < -0.4 is 10.1 Å². The summed E-state index contributed by atoms with van der Waals surface area (Å²) in [5.41, 5.74) is 2.16. The van der Waals surface area contributed by atoms with Gasteiger partial charge >= 0.3 is 0 Å². The summed E-state index contributed by atoms with van der Waals surface area (Å²) < 4.78 is 11.9. The van der Waals surface area contributed by atoms with Gasteiger partial charge in [0.15, 0.2) is 0 Å². The molecule has 0 saturated carbocycles. The highest BCUT2D eigenvalue weighted by Gasteiger charge is 2.12. The summed E-state index contributed by atoms with van der Waals surface area (Å²) in [5.74, 6) is 1.00. The Kier molecular flexibility index (Phi) is 6.82. The second-order valence-corrected chi connectivity index (χ2v) is 6.72. The zero-order valence-electron chi connectivity index (χ0n) is 14.1. The standard InChI is InChI=1S/C19H22BrNO3/c1-13(2)11-24-12-15-10-14(8-9-18(15)23-3)19(22)21-17-7-5-4-6-16(17)20/h4-10,13H,11-12H2,1-3H3,(H,21,22). The average Bonchev–Trinajstić information content (AvgIpc) is 2.56. The van der Waals surface area contributed by atoms with Crippen LogP contribution in [-0.2, 0) is 11.3 Å². The number of benzene rings is 2. The van der Waals surface area contributed by atoms with E-state index in [1.165, 1.54) is 0 Å². The molecule has 0 radical (unpaired) electrons. The molecule has 1 amide bonds. The zero-order valence-corrected chi connectivity index (χ0v) is 15.7. The first kappa shape index (κ1) is 18.5. The first-order chi connectivity index (χ1) is 11.5. The molecular formula is C19H22BrNO3. The molecule has 2 aromatic rings. The summed E-state index contributed by atoms with van der Waals surface area (Å²) >= 11 is 3.43. The summed E-state index contributed by atoms with van der Waals surface area (Å²) in [6.07, 6.45) is 0. The Labute approximate surface area is 151 Å².